The zero-order chi connectivity index (χ0) is 16.9. The van der Waals surface area contributed by atoms with Gasteiger partial charge in [0, 0.05) is 22.6 Å². The Labute approximate surface area is 140 Å². The van der Waals surface area contributed by atoms with Gasteiger partial charge >= 0.3 is 0 Å². The van der Waals surface area contributed by atoms with Crippen molar-refractivity contribution in [2.75, 3.05) is 10.6 Å². The lowest BCUT2D eigenvalue weighted by molar-refractivity contribution is 0.102. The van der Waals surface area contributed by atoms with Gasteiger partial charge in [-0.2, -0.15) is 0 Å². The molecule has 1 amide bonds. The number of amides is 1. The molecule has 120 valence electrons. The SMILES string of the molecule is Cc1ccc(C(=O)Nc2ccc(Nc3cccc(F)c3)cc2)cc1. The molecule has 0 aliphatic carbocycles. The summed E-state index contributed by atoms with van der Waals surface area (Å²) in [4.78, 5) is 12.2. The van der Waals surface area contributed by atoms with Gasteiger partial charge in [-0.05, 0) is 61.5 Å². The molecule has 0 heterocycles. The zero-order valence-electron chi connectivity index (χ0n) is 13.2. The fraction of sp³-hybridized carbons (Fsp3) is 0.0500. The molecule has 3 rings (SSSR count). The van der Waals surface area contributed by atoms with Crippen molar-refractivity contribution in [1.82, 2.24) is 0 Å². The average molecular weight is 320 g/mol. The van der Waals surface area contributed by atoms with Crippen LogP contribution in [-0.4, -0.2) is 5.91 Å². The average Bonchev–Trinajstić information content (AvgIpc) is 2.57. The van der Waals surface area contributed by atoms with E-state index in [0.29, 0.717) is 16.9 Å². The molecule has 0 bridgehead atoms. The maximum atomic E-state index is 13.2. The van der Waals surface area contributed by atoms with Crippen LogP contribution < -0.4 is 10.6 Å². The van der Waals surface area contributed by atoms with E-state index in [2.05, 4.69) is 10.6 Å². The normalized spacial score (nSPS) is 10.2. The lowest BCUT2D eigenvalue weighted by atomic mass is 10.1. The molecule has 2 N–H and O–H groups in total. The van der Waals surface area contributed by atoms with Crippen molar-refractivity contribution < 1.29 is 9.18 Å². The molecule has 0 unspecified atom stereocenters. The monoisotopic (exact) mass is 320 g/mol. The van der Waals surface area contributed by atoms with Crippen LogP contribution in [0.5, 0.6) is 0 Å². The molecule has 0 aromatic heterocycles. The highest BCUT2D eigenvalue weighted by Gasteiger charge is 2.05. The Balaban J connectivity index is 1.66. The number of aryl methyl sites for hydroxylation is 1. The minimum atomic E-state index is -0.290. The summed E-state index contributed by atoms with van der Waals surface area (Å²) in [5, 5.41) is 5.96. The Morgan fingerprint density at radius 3 is 2.17 bits per heavy atom. The van der Waals surface area contributed by atoms with Crippen molar-refractivity contribution in [1.29, 1.82) is 0 Å². The summed E-state index contributed by atoms with van der Waals surface area (Å²) in [6, 6.07) is 20.9. The van der Waals surface area contributed by atoms with Gasteiger partial charge in [0.25, 0.3) is 5.91 Å². The number of carbonyl (C=O) groups is 1. The fourth-order valence-corrected chi connectivity index (χ4v) is 2.28. The molecular formula is C20H17FN2O. The molecule has 0 atom stereocenters. The van der Waals surface area contributed by atoms with Crippen LogP contribution in [0.25, 0.3) is 0 Å². The van der Waals surface area contributed by atoms with Crippen LogP contribution in [0, 0.1) is 12.7 Å². The second kappa shape index (κ2) is 6.96. The first-order valence-electron chi connectivity index (χ1n) is 7.61. The molecule has 3 nitrogen and oxygen atoms in total. The van der Waals surface area contributed by atoms with Gasteiger partial charge in [-0.25, -0.2) is 4.39 Å². The van der Waals surface area contributed by atoms with Crippen LogP contribution >= 0.6 is 0 Å². The van der Waals surface area contributed by atoms with Gasteiger partial charge in [0.05, 0.1) is 0 Å². The van der Waals surface area contributed by atoms with Crippen molar-refractivity contribution >= 4 is 23.0 Å². The van der Waals surface area contributed by atoms with Crippen LogP contribution in [0.3, 0.4) is 0 Å². The van der Waals surface area contributed by atoms with E-state index in [4.69, 9.17) is 0 Å². The molecule has 0 saturated heterocycles. The molecule has 3 aromatic carbocycles. The summed E-state index contributed by atoms with van der Waals surface area (Å²) in [7, 11) is 0. The Morgan fingerprint density at radius 2 is 1.50 bits per heavy atom. The van der Waals surface area contributed by atoms with Gasteiger partial charge in [0.2, 0.25) is 0 Å². The summed E-state index contributed by atoms with van der Waals surface area (Å²) >= 11 is 0. The first kappa shape index (κ1) is 15.7. The lowest BCUT2D eigenvalue weighted by Crippen LogP contribution is -2.11. The molecule has 0 radical (unpaired) electrons. The summed E-state index contributed by atoms with van der Waals surface area (Å²) < 4.78 is 13.2. The number of hydrogen-bond acceptors (Lipinski definition) is 2. The highest BCUT2D eigenvalue weighted by molar-refractivity contribution is 6.04. The fourth-order valence-electron chi connectivity index (χ4n) is 2.28. The largest absolute Gasteiger partial charge is 0.355 e. The second-order valence-electron chi connectivity index (χ2n) is 5.53. The number of nitrogens with one attached hydrogen (secondary N) is 2. The summed E-state index contributed by atoms with van der Waals surface area (Å²) in [5.41, 5.74) is 3.91. The van der Waals surface area contributed by atoms with Gasteiger partial charge in [-0.1, -0.05) is 23.8 Å². The molecule has 0 aliphatic rings. The van der Waals surface area contributed by atoms with Crippen molar-refractivity contribution in [3.05, 3.63) is 89.7 Å². The highest BCUT2D eigenvalue weighted by Crippen LogP contribution is 2.20. The number of halogens is 1. The topological polar surface area (TPSA) is 41.1 Å². The number of benzene rings is 3. The minimum Gasteiger partial charge on any atom is -0.355 e. The molecule has 3 aromatic rings. The third-order valence-electron chi connectivity index (χ3n) is 3.57. The summed E-state index contributed by atoms with van der Waals surface area (Å²) in [5.74, 6) is -0.442. The number of anilines is 3. The van der Waals surface area contributed by atoms with Gasteiger partial charge < -0.3 is 10.6 Å². The predicted molar refractivity (Wildman–Crippen MR) is 95.3 cm³/mol. The van der Waals surface area contributed by atoms with E-state index in [-0.39, 0.29) is 11.7 Å². The van der Waals surface area contributed by atoms with E-state index >= 15 is 0 Å². The number of rotatable bonds is 4. The van der Waals surface area contributed by atoms with Crippen LogP contribution in [0.2, 0.25) is 0 Å². The van der Waals surface area contributed by atoms with E-state index in [1.54, 1.807) is 36.4 Å². The van der Waals surface area contributed by atoms with Gasteiger partial charge in [0.1, 0.15) is 5.82 Å². The van der Waals surface area contributed by atoms with Crippen molar-refractivity contribution in [3.63, 3.8) is 0 Å². The maximum absolute atomic E-state index is 13.2. The highest BCUT2D eigenvalue weighted by atomic mass is 19.1. The van der Waals surface area contributed by atoms with E-state index < -0.39 is 0 Å². The van der Waals surface area contributed by atoms with Gasteiger partial charge in [-0.3, -0.25) is 4.79 Å². The Hall–Kier alpha value is -3.14. The van der Waals surface area contributed by atoms with E-state index in [1.165, 1.54) is 12.1 Å². The maximum Gasteiger partial charge on any atom is 0.255 e. The van der Waals surface area contributed by atoms with Crippen LogP contribution in [0.15, 0.2) is 72.8 Å². The first-order valence-corrected chi connectivity index (χ1v) is 7.61. The van der Waals surface area contributed by atoms with Crippen LogP contribution in [0.4, 0.5) is 21.5 Å². The molecule has 0 saturated carbocycles. The smallest absolute Gasteiger partial charge is 0.255 e. The van der Waals surface area contributed by atoms with Gasteiger partial charge in [0.15, 0.2) is 0 Å². The molecule has 0 fully saturated rings. The third kappa shape index (κ3) is 3.98. The van der Waals surface area contributed by atoms with Crippen molar-refractivity contribution in [2.24, 2.45) is 0 Å². The molecular weight excluding hydrogens is 303 g/mol. The second-order valence-corrected chi connectivity index (χ2v) is 5.53. The summed E-state index contributed by atoms with van der Waals surface area (Å²) in [6.45, 7) is 1.98. The molecule has 0 aliphatic heterocycles. The number of carbonyl (C=O) groups excluding carboxylic acids is 1. The third-order valence-corrected chi connectivity index (χ3v) is 3.57. The van der Waals surface area contributed by atoms with Crippen molar-refractivity contribution in [2.45, 2.75) is 6.92 Å². The van der Waals surface area contributed by atoms with Crippen LogP contribution in [0.1, 0.15) is 15.9 Å². The van der Waals surface area contributed by atoms with Gasteiger partial charge in [-0.15, -0.1) is 0 Å². The lowest BCUT2D eigenvalue weighted by Gasteiger charge is -2.09. The Bertz CT molecular complexity index is 842. The van der Waals surface area contributed by atoms with E-state index in [1.807, 2.05) is 31.2 Å². The first-order chi connectivity index (χ1) is 11.6. The molecule has 4 heteroatoms. The standard InChI is InChI=1S/C20H17FN2O/c1-14-5-7-15(8-6-14)20(24)23-18-11-9-17(10-12-18)22-19-4-2-3-16(21)13-19/h2-13,22H,1H3,(H,23,24). The Morgan fingerprint density at radius 1 is 0.833 bits per heavy atom. The van der Waals surface area contributed by atoms with Crippen molar-refractivity contribution in [3.8, 4) is 0 Å². The minimum absolute atomic E-state index is 0.152. The number of hydrogen-bond donors (Lipinski definition) is 2. The van der Waals surface area contributed by atoms with Crippen LogP contribution in [-0.2, 0) is 0 Å². The zero-order valence-corrected chi connectivity index (χ0v) is 13.2. The van der Waals surface area contributed by atoms with E-state index in [0.717, 1.165) is 11.3 Å². The van der Waals surface area contributed by atoms with E-state index in [9.17, 15) is 9.18 Å². The summed E-state index contributed by atoms with van der Waals surface area (Å²) in [6.07, 6.45) is 0. The molecule has 24 heavy (non-hydrogen) atoms. The predicted octanol–water partition coefficient (Wildman–Crippen LogP) is 5.13. The Kier molecular flexibility index (Phi) is 4.57. The quantitative estimate of drug-likeness (QED) is 0.699. The molecule has 0 spiro atoms.